The van der Waals surface area contributed by atoms with Crippen molar-refractivity contribution >= 4 is 22.8 Å². The van der Waals surface area contributed by atoms with Crippen molar-refractivity contribution in [1.82, 2.24) is 50.0 Å². The van der Waals surface area contributed by atoms with Gasteiger partial charge in [-0.05, 0) is 18.5 Å². The average Bonchev–Trinajstić information content (AvgIpc) is 3.51. The first-order chi connectivity index (χ1) is 16.7. The van der Waals surface area contributed by atoms with Crippen LogP contribution in [0.2, 0.25) is 0 Å². The van der Waals surface area contributed by atoms with Crippen LogP contribution in [0.3, 0.4) is 0 Å². The minimum Gasteiger partial charge on any atom is -0.373 e. The maximum Gasteiger partial charge on any atom is 0.225 e. The Balaban J connectivity index is 1.18. The number of hydrogen-bond acceptors (Lipinski definition) is 10. The van der Waals surface area contributed by atoms with E-state index in [2.05, 4.69) is 46.7 Å². The summed E-state index contributed by atoms with van der Waals surface area (Å²) in [5.41, 5.74) is 5.14. The number of hydrogen-bond donors (Lipinski definition) is 1. The highest BCUT2D eigenvalue weighted by Gasteiger charge is 2.24. The van der Waals surface area contributed by atoms with Gasteiger partial charge in [0, 0.05) is 56.4 Å². The summed E-state index contributed by atoms with van der Waals surface area (Å²) < 4.78 is 9.51. The van der Waals surface area contributed by atoms with Gasteiger partial charge in [-0.1, -0.05) is 11.3 Å². The first-order valence-corrected chi connectivity index (χ1v) is 11.4. The summed E-state index contributed by atoms with van der Waals surface area (Å²) in [5.74, 6) is 0.716. The number of nitrogens with zero attached hydrogens (tertiary/aromatic N) is 10. The number of ether oxygens (including phenoxy) is 1. The van der Waals surface area contributed by atoms with Crippen LogP contribution in [0.5, 0.6) is 0 Å². The van der Waals surface area contributed by atoms with Crippen LogP contribution >= 0.6 is 0 Å². The number of rotatable bonds is 5. The standard InChI is InChI=1S/C22H25N11O/c1-31-12-17(10-27-31)19-11-24-20-21(28-19)33(30-29-20)14-18-13-32(6-7-34-18)22-25-8-16(9-26-22)15-2-4-23-5-3-15/h2,8-12,18,23H,3-7,13-14H2,1H3/t18-/m0/s1. The van der Waals surface area contributed by atoms with Crippen molar-refractivity contribution in [2.45, 2.75) is 19.1 Å². The van der Waals surface area contributed by atoms with Gasteiger partial charge in [-0.25, -0.2) is 24.6 Å². The summed E-state index contributed by atoms with van der Waals surface area (Å²) in [6.45, 7) is 4.38. The SMILES string of the molecule is Cn1cc(-c2cnc3nnn(C[C@@H]4CN(c5ncc(C6=CCNCC6)cn5)CCO4)c3n2)cn1. The monoisotopic (exact) mass is 459 g/mol. The quantitative estimate of drug-likeness (QED) is 0.456. The van der Waals surface area contributed by atoms with Crippen LogP contribution in [0.4, 0.5) is 5.95 Å². The number of anilines is 1. The zero-order valence-corrected chi connectivity index (χ0v) is 18.9. The van der Waals surface area contributed by atoms with E-state index in [1.54, 1.807) is 21.8 Å². The molecular formula is C22H25N11O. The molecule has 4 aromatic rings. The van der Waals surface area contributed by atoms with Gasteiger partial charge in [0.1, 0.15) is 0 Å². The Morgan fingerprint density at radius 3 is 2.82 bits per heavy atom. The van der Waals surface area contributed by atoms with Gasteiger partial charge in [0.05, 0.1) is 37.3 Å². The van der Waals surface area contributed by atoms with Gasteiger partial charge in [0.2, 0.25) is 11.6 Å². The topological polar surface area (TPSA) is 125 Å². The van der Waals surface area contributed by atoms with Crippen molar-refractivity contribution < 1.29 is 4.74 Å². The minimum atomic E-state index is -0.0992. The van der Waals surface area contributed by atoms with Crippen LogP contribution in [0.25, 0.3) is 28.1 Å². The highest BCUT2D eigenvalue weighted by Crippen LogP contribution is 2.21. The average molecular weight is 460 g/mol. The van der Waals surface area contributed by atoms with E-state index in [4.69, 9.17) is 9.72 Å². The second kappa shape index (κ2) is 8.88. The summed E-state index contributed by atoms with van der Waals surface area (Å²) in [4.78, 5) is 20.6. The molecule has 1 atom stereocenters. The largest absolute Gasteiger partial charge is 0.373 e. The van der Waals surface area contributed by atoms with Gasteiger partial charge in [-0.2, -0.15) is 5.10 Å². The molecule has 0 bridgehead atoms. The van der Waals surface area contributed by atoms with Gasteiger partial charge in [-0.3, -0.25) is 4.68 Å². The van der Waals surface area contributed by atoms with E-state index in [-0.39, 0.29) is 6.10 Å². The highest BCUT2D eigenvalue weighted by molar-refractivity contribution is 5.69. The van der Waals surface area contributed by atoms with Crippen LogP contribution in [0.15, 0.2) is 37.1 Å². The second-order valence-electron chi connectivity index (χ2n) is 8.47. The molecule has 0 saturated carbocycles. The lowest BCUT2D eigenvalue weighted by molar-refractivity contribution is 0.0273. The second-order valence-corrected chi connectivity index (χ2v) is 8.47. The number of fused-ring (bicyclic) bond motifs is 1. The van der Waals surface area contributed by atoms with E-state index in [1.165, 1.54) is 5.57 Å². The van der Waals surface area contributed by atoms with E-state index in [0.29, 0.717) is 36.9 Å². The normalized spacial score (nSPS) is 18.9. The molecule has 12 heteroatoms. The molecule has 0 amide bonds. The lowest BCUT2D eigenvalue weighted by Crippen LogP contribution is -2.45. The third-order valence-electron chi connectivity index (χ3n) is 6.10. The maximum atomic E-state index is 6.03. The van der Waals surface area contributed by atoms with Gasteiger partial charge < -0.3 is 15.0 Å². The molecule has 6 heterocycles. The third-order valence-corrected chi connectivity index (χ3v) is 6.10. The van der Waals surface area contributed by atoms with Crippen molar-refractivity contribution in [2.24, 2.45) is 7.05 Å². The third kappa shape index (κ3) is 4.13. The Morgan fingerprint density at radius 2 is 2.03 bits per heavy atom. The Morgan fingerprint density at radius 1 is 1.12 bits per heavy atom. The number of aromatic nitrogens is 9. The highest BCUT2D eigenvalue weighted by atomic mass is 16.5. The predicted molar refractivity (Wildman–Crippen MR) is 125 cm³/mol. The van der Waals surface area contributed by atoms with E-state index in [1.807, 2.05) is 25.6 Å². The molecule has 4 aromatic heterocycles. The molecule has 0 aromatic carbocycles. The van der Waals surface area contributed by atoms with Gasteiger partial charge in [0.15, 0.2) is 5.65 Å². The Labute approximate surface area is 195 Å². The lowest BCUT2D eigenvalue weighted by atomic mass is 10.0. The molecule has 6 rings (SSSR count). The van der Waals surface area contributed by atoms with E-state index in [0.717, 1.165) is 42.9 Å². The molecule has 1 fully saturated rings. The molecule has 2 aliphatic heterocycles. The summed E-state index contributed by atoms with van der Waals surface area (Å²) in [7, 11) is 1.87. The Kier molecular flexibility index (Phi) is 5.43. The Bertz CT molecular complexity index is 1330. The number of morpholine rings is 1. The van der Waals surface area contributed by atoms with Crippen molar-refractivity contribution in [3.63, 3.8) is 0 Å². The fraction of sp³-hybridized carbons (Fsp3) is 0.409. The van der Waals surface area contributed by atoms with Crippen molar-refractivity contribution in [3.05, 3.63) is 42.6 Å². The molecule has 12 nitrogen and oxygen atoms in total. The molecule has 0 aliphatic carbocycles. The van der Waals surface area contributed by atoms with Gasteiger partial charge in [-0.15, -0.1) is 5.10 Å². The molecular weight excluding hydrogens is 434 g/mol. The summed E-state index contributed by atoms with van der Waals surface area (Å²) in [5, 5.41) is 16.0. The van der Waals surface area contributed by atoms with Gasteiger partial charge >= 0.3 is 0 Å². The molecule has 0 radical (unpaired) electrons. The fourth-order valence-corrected chi connectivity index (χ4v) is 4.31. The fourth-order valence-electron chi connectivity index (χ4n) is 4.31. The first-order valence-electron chi connectivity index (χ1n) is 11.4. The van der Waals surface area contributed by atoms with Crippen LogP contribution in [0, 0.1) is 0 Å². The molecule has 1 N–H and O–H groups in total. The van der Waals surface area contributed by atoms with E-state index < -0.39 is 0 Å². The molecule has 2 aliphatic rings. The number of nitrogens with one attached hydrogen (secondary N) is 1. The van der Waals surface area contributed by atoms with E-state index >= 15 is 0 Å². The van der Waals surface area contributed by atoms with E-state index in [9.17, 15) is 0 Å². The maximum absolute atomic E-state index is 6.03. The van der Waals surface area contributed by atoms with Crippen molar-refractivity contribution in [2.75, 3.05) is 37.7 Å². The van der Waals surface area contributed by atoms with Crippen LogP contribution in [-0.2, 0) is 18.3 Å². The summed E-state index contributed by atoms with van der Waals surface area (Å²) in [6.07, 6.45) is 12.3. The minimum absolute atomic E-state index is 0.0992. The zero-order valence-electron chi connectivity index (χ0n) is 18.9. The first kappa shape index (κ1) is 20.8. The molecule has 174 valence electrons. The Hall–Kier alpha value is -3.77. The lowest BCUT2D eigenvalue weighted by Gasteiger charge is -2.32. The van der Waals surface area contributed by atoms with Crippen LogP contribution in [0.1, 0.15) is 12.0 Å². The smallest absolute Gasteiger partial charge is 0.225 e. The van der Waals surface area contributed by atoms with Crippen molar-refractivity contribution in [3.8, 4) is 11.3 Å². The van der Waals surface area contributed by atoms with Gasteiger partial charge in [0.25, 0.3) is 0 Å². The predicted octanol–water partition coefficient (Wildman–Crippen LogP) is 0.694. The summed E-state index contributed by atoms with van der Waals surface area (Å²) in [6, 6.07) is 0. The van der Waals surface area contributed by atoms with Crippen LogP contribution in [-0.4, -0.2) is 83.6 Å². The number of aryl methyl sites for hydroxylation is 1. The van der Waals surface area contributed by atoms with Crippen molar-refractivity contribution in [1.29, 1.82) is 0 Å². The molecule has 34 heavy (non-hydrogen) atoms. The summed E-state index contributed by atoms with van der Waals surface area (Å²) >= 11 is 0. The zero-order chi connectivity index (χ0) is 22.9. The molecule has 0 spiro atoms. The molecule has 0 unspecified atom stereocenters. The molecule has 1 saturated heterocycles. The van der Waals surface area contributed by atoms with Crippen LogP contribution < -0.4 is 10.2 Å².